The average Bonchev–Trinajstić information content (AvgIpc) is 3.45. The number of pyridine rings is 1. The number of piperazine rings is 1. The number of hydrogen-bond acceptors (Lipinski definition) is 5. The van der Waals surface area contributed by atoms with Crippen molar-refractivity contribution >= 4 is 28.2 Å². The fourth-order valence-corrected chi connectivity index (χ4v) is 3.21. The minimum Gasteiger partial charge on any atom is -0.353 e. The first-order valence-corrected chi connectivity index (χ1v) is 8.03. The van der Waals surface area contributed by atoms with Crippen molar-refractivity contribution in [3.8, 4) is 0 Å². The Kier molecular flexibility index (Phi) is 3.44. The summed E-state index contributed by atoms with van der Waals surface area (Å²) in [4.78, 5) is 31.7. The fraction of sp³-hybridized carbons (Fsp3) is 0.412. The first-order chi connectivity index (χ1) is 11.3. The Labute approximate surface area is 134 Å². The van der Waals surface area contributed by atoms with Gasteiger partial charge in [-0.25, -0.2) is 4.98 Å². The molecule has 1 saturated carbocycles. The van der Waals surface area contributed by atoms with E-state index >= 15 is 0 Å². The molecule has 0 spiro atoms. The van der Waals surface area contributed by atoms with Crippen molar-refractivity contribution < 1.29 is 4.79 Å². The van der Waals surface area contributed by atoms with Crippen molar-refractivity contribution in [3.63, 3.8) is 0 Å². The summed E-state index contributed by atoms with van der Waals surface area (Å²) in [6, 6.07) is 7.69. The lowest BCUT2D eigenvalue weighted by Gasteiger charge is -2.36. The van der Waals surface area contributed by atoms with Crippen LogP contribution >= 0.6 is 0 Å². The average molecular weight is 310 g/mol. The third-order valence-corrected chi connectivity index (χ3v) is 4.67. The molecule has 0 radical (unpaired) electrons. The van der Waals surface area contributed by atoms with Crippen LogP contribution in [0.5, 0.6) is 0 Å². The maximum atomic E-state index is 12.1. The van der Waals surface area contributed by atoms with Gasteiger partial charge >= 0.3 is 0 Å². The summed E-state index contributed by atoms with van der Waals surface area (Å²) in [5.41, 5.74) is 0.367. The highest BCUT2D eigenvalue weighted by atomic mass is 16.3. The van der Waals surface area contributed by atoms with E-state index in [0.717, 1.165) is 55.6 Å². The van der Waals surface area contributed by atoms with Crippen molar-refractivity contribution in [3.05, 3.63) is 35.4 Å². The minimum atomic E-state index is 0.276. The molecule has 0 atom stereocenters. The standard InChI is InChI=1S/C17H18N4O2/c22-17(12-5-6-12)21-9-7-20(8-10-21)16-14-4-2-1-3-13(14)15(19-23)11-18-16/h1-4,11-12H,5-10H2. The summed E-state index contributed by atoms with van der Waals surface area (Å²) in [6.45, 7) is 3.00. The summed E-state index contributed by atoms with van der Waals surface area (Å²) < 4.78 is 0. The largest absolute Gasteiger partial charge is 0.353 e. The van der Waals surface area contributed by atoms with E-state index in [1.165, 1.54) is 6.20 Å². The van der Waals surface area contributed by atoms with Crippen LogP contribution in [-0.2, 0) is 4.79 Å². The highest BCUT2D eigenvalue weighted by molar-refractivity contribution is 5.99. The molecule has 1 aliphatic heterocycles. The Morgan fingerprint density at radius 2 is 1.78 bits per heavy atom. The topological polar surface area (TPSA) is 65.9 Å². The lowest BCUT2D eigenvalue weighted by molar-refractivity contribution is -0.132. The number of rotatable bonds is 3. The number of anilines is 1. The molecule has 0 N–H and O–H groups in total. The number of aromatic nitrogens is 1. The Morgan fingerprint density at radius 1 is 1.09 bits per heavy atom. The summed E-state index contributed by atoms with van der Waals surface area (Å²) >= 11 is 0. The molecule has 1 aromatic heterocycles. The van der Waals surface area contributed by atoms with E-state index in [1.807, 2.05) is 29.2 Å². The van der Waals surface area contributed by atoms with Crippen LogP contribution in [0.25, 0.3) is 10.8 Å². The molecule has 2 heterocycles. The number of fused-ring (bicyclic) bond motifs is 1. The first kappa shape index (κ1) is 14.1. The molecule has 2 aliphatic rings. The number of nitroso groups, excluding NO2 is 1. The Balaban J connectivity index is 1.58. The summed E-state index contributed by atoms with van der Waals surface area (Å²) in [7, 11) is 0. The maximum absolute atomic E-state index is 12.1. The zero-order chi connectivity index (χ0) is 15.8. The molecule has 118 valence electrons. The van der Waals surface area contributed by atoms with Gasteiger partial charge in [0.15, 0.2) is 0 Å². The molecular formula is C17H18N4O2. The molecule has 23 heavy (non-hydrogen) atoms. The third kappa shape index (κ3) is 2.54. The second-order valence-electron chi connectivity index (χ2n) is 6.19. The van der Waals surface area contributed by atoms with Crippen molar-refractivity contribution in [1.82, 2.24) is 9.88 Å². The fourth-order valence-electron chi connectivity index (χ4n) is 3.21. The van der Waals surface area contributed by atoms with Gasteiger partial charge in [-0.1, -0.05) is 24.3 Å². The van der Waals surface area contributed by atoms with Gasteiger partial charge in [0.05, 0.1) is 6.20 Å². The molecule has 0 bridgehead atoms. The predicted octanol–water partition coefficient (Wildman–Crippen LogP) is 2.69. The van der Waals surface area contributed by atoms with Crippen LogP contribution in [0.3, 0.4) is 0 Å². The smallest absolute Gasteiger partial charge is 0.225 e. The molecular weight excluding hydrogens is 292 g/mol. The van der Waals surface area contributed by atoms with Gasteiger partial charge in [0.2, 0.25) is 5.91 Å². The molecule has 0 unspecified atom stereocenters. The molecule has 2 fully saturated rings. The molecule has 1 aliphatic carbocycles. The zero-order valence-corrected chi connectivity index (χ0v) is 12.8. The first-order valence-electron chi connectivity index (χ1n) is 8.03. The number of carbonyl (C=O) groups excluding carboxylic acids is 1. The highest BCUT2D eigenvalue weighted by Gasteiger charge is 2.34. The van der Waals surface area contributed by atoms with Crippen LogP contribution < -0.4 is 4.90 Å². The quantitative estimate of drug-likeness (QED) is 0.818. The third-order valence-electron chi connectivity index (χ3n) is 4.67. The van der Waals surface area contributed by atoms with E-state index in [4.69, 9.17) is 0 Å². The SMILES string of the molecule is O=Nc1cnc(N2CCN(C(=O)C3CC3)CC2)c2ccccc12. The molecule has 1 amide bonds. The van der Waals surface area contributed by atoms with Crippen LogP contribution in [0.4, 0.5) is 11.5 Å². The molecule has 6 heteroatoms. The molecule has 6 nitrogen and oxygen atoms in total. The normalized spacial score (nSPS) is 18.3. The van der Waals surface area contributed by atoms with Gasteiger partial charge in [-0.05, 0) is 18.0 Å². The van der Waals surface area contributed by atoms with Gasteiger partial charge in [0.25, 0.3) is 0 Å². The van der Waals surface area contributed by atoms with E-state index in [0.29, 0.717) is 11.6 Å². The Morgan fingerprint density at radius 3 is 2.43 bits per heavy atom. The van der Waals surface area contributed by atoms with E-state index < -0.39 is 0 Å². The molecule has 2 aromatic rings. The van der Waals surface area contributed by atoms with Crippen LogP contribution in [0.15, 0.2) is 35.6 Å². The number of amides is 1. The van der Waals surface area contributed by atoms with Gasteiger partial charge in [0, 0.05) is 42.9 Å². The number of benzene rings is 1. The highest BCUT2D eigenvalue weighted by Crippen LogP contribution is 2.33. The maximum Gasteiger partial charge on any atom is 0.225 e. The van der Waals surface area contributed by atoms with Crippen LogP contribution in [0, 0.1) is 10.8 Å². The van der Waals surface area contributed by atoms with Crippen LogP contribution in [-0.4, -0.2) is 42.0 Å². The molecule has 4 rings (SSSR count). The zero-order valence-electron chi connectivity index (χ0n) is 12.8. The lowest BCUT2D eigenvalue weighted by Crippen LogP contribution is -2.49. The van der Waals surface area contributed by atoms with Gasteiger partial charge < -0.3 is 9.80 Å². The molecule has 1 saturated heterocycles. The van der Waals surface area contributed by atoms with Gasteiger partial charge in [-0.2, -0.15) is 0 Å². The molecule has 1 aromatic carbocycles. The van der Waals surface area contributed by atoms with Crippen molar-refractivity contribution in [2.45, 2.75) is 12.8 Å². The van der Waals surface area contributed by atoms with Crippen molar-refractivity contribution in [1.29, 1.82) is 0 Å². The van der Waals surface area contributed by atoms with Gasteiger partial charge in [0.1, 0.15) is 11.5 Å². The lowest BCUT2D eigenvalue weighted by atomic mass is 10.1. The summed E-state index contributed by atoms with van der Waals surface area (Å²) in [6.07, 6.45) is 3.63. The number of nitrogens with zero attached hydrogens (tertiary/aromatic N) is 4. The predicted molar refractivity (Wildman–Crippen MR) is 88.7 cm³/mol. The van der Waals surface area contributed by atoms with E-state index in [2.05, 4.69) is 15.1 Å². The van der Waals surface area contributed by atoms with Crippen molar-refractivity contribution in [2.24, 2.45) is 11.1 Å². The monoisotopic (exact) mass is 310 g/mol. The second-order valence-corrected chi connectivity index (χ2v) is 6.19. The Hall–Kier alpha value is -2.50. The minimum absolute atomic E-state index is 0.276. The van der Waals surface area contributed by atoms with Crippen LogP contribution in [0.1, 0.15) is 12.8 Å². The van der Waals surface area contributed by atoms with Crippen molar-refractivity contribution in [2.75, 3.05) is 31.1 Å². The van der Waals surface area contributed by atoms with E-state index in [9.17, 15) is 9.70 Å². The van der Waals surface area contributed by atoms with Crippen LogP contribution in [0.2, 0.25) is 0 Å². The van der Waals surface area contributed by atoms with E-state index in [1.54, 1.807) is 0 Å². The number of carbonyl (C=O) groups is 1. The van der Waals surface area contributed by atoms with Gasteiger partial charge in [-0.15, -0.1) is 4.91 Å². The second kappa shape index (κ2) is 5.61. The number of hydrogen-bond donors (Lipinski definition) is 0. The Bertz CT molecular complexity index is 764. The summed E-state index contributed by atoms with van der Waals surface area (Å²) in [5, 5.41) is 4.82. The van der Waals surface area contributed by atoms with E-state index in [-0.39, 0.29) is 5.92 Å². The van der Waals surface area contributed by atoms with Gasteiger partial charge in [-0.3, -0.25) is 4.79 Å². The summed E-state index contributed by atoms with van der Waals surface area (Å²) in [5.74, 6) is 1.45.